The van der Waals surface area contributed by atoms with E-state index in [1.807, 2.05) is 0 Å². The van der Waals surface area contributed by atoms with E-state index in [0.29, 0.717) is 16.5 Å². The van der Waals surface area contributed by atoms with Crippen LogP contribution in [0.25, 0.3) is 0 Å². The molecule has 1 aromatic carbocycles. The molecule has 1 aliphatic rings. The smallest absolute Gasteiger partial charge is 0.255 e. The van der Waals surface area contributed by atoms with E-state index < -0.39 is 0 Å². The molecule has 3 rings (SSSR count). The van der Waals surface area contributed by atoms with Gasteiger partial charge in [0, 0.05) is 24.8 Å². The molecule has 1 amide bonds. The molecule has 0 radical (unpaired) electrons. The fraction of sp³-hybridized carbons (Fsp3) is 0.412. The largest absolute Gasteiger partial charge is 0.337 e. The van der Waals surface area contributed by atoms with Crippen LogP contribution < -0.4 is 10.6 Å². The number of nitrogens with zero attached hydrogens (tertiary/aromatic N) is 2. The molecule has 0 spiro atoms. The summed E-state index contributed by atoms with van der Waals surface area (Å²) in [4.78, 5) is 12.1. The highest BCUT2D eigenvalue weighted by Gasteiger charge is 2.23. The van der Waals surface area contributed by atoms with Gasteiger partial charge < -0.3 is 5.32 Å². The number of piperidine rings is 1. The Kier molecular flexibility index (Phi) is 5.16. The van der Waals surface area contributed by atoms with Crippen molar-refractivity contribution in [2.24, 2.45) is 13.0 Å². The quantitative estimate of drug-likeness (QED) is 0.890. The van der Waals surface area contributed by atoms with E-state index in [1.165, 1.54) is 12.1 Å². The van der Waals surface area contributed by atoms with Gasteiger partial charge in [-0.15, -0.1) is 0 Å². The molecule has 24 heavy (non-hydrogen) atoms. The minimum atomic E-state index is -0.303. The molecule has 0 aliphatic carbocycles. The zero-order chi connectivity index (χ0) is 17.1. The molecular formula is C17H20ClFN4O. The van der Waals surface area contributed by atoms with Gasteiger partial charge in [-0.25, -0.2) is 4.39 Å². The number of amides is 1. The third kappa shape index (κ3) is 4.33. The molecule has 2 aromatic rings. The predicted octanol–water partition coefficient (Wildman–Crippen LogP) is 2.51. The van der Waals surface area contributed by atoms with E-state index in [4.69, 9.17) is 11.6 Å². The number of rotatable bonds is 4. The molecule has 0 saturated carbocycles. The van der Waals surface area contributed by atoms with Crippen molar-refractivity contribution in [3.05, 3.63) is 52.6 Å². The molecular weight excluding hydrogens is 331 g/mol. The van der Waals surface area contributed by atoms with Crippen molar-refractivity contribution >= 4 is 17.5 Å². The molecule has 1 aromatic heterocycles. The van der Waals surface area contributed by atoms with Crippen molar-refractivity contribution in [2.45, 2.75) is 25.4 Å². The zero-order valence-corrected chi connectivity index (χ0v) is 14.2. The lowest BCUT2D eigenvalue weighted by atomic mass is 9.91. The van der Waals surface area contributed by atoms with Crippen molar-refractivity contribution in [3.63, 3.8) is 0 Å². The first kappa shape index (κ1) is 16.9. The topological polar surface area (TPSA) is 59.0 Å². The standard InChI is InChI=1S/C17H20ClFN4O/c1-23-10-13(9-21-23)17(24)22-16-3-2-11(8-20-16)4-12-5-14(18)7-15(19)6-12/h5-7,9-11,16,20H,2-4,8H2,1H3,(H,22,24). The number of aryl methyl sites for hydroxylation is 1. The molecule has 2 N–H and O–H groups in total. The summed E-state index contributed by atoms with van der Waals surface area (Å²) in [6.45, 7) is 0.770. The summed E-state index contributed by atoms with van der Waals surface area (Å²) in [5.41, 5.74) is 1.46. The van der Waals surface area contributed by atoms with Crippen LogP contribution in [-0.4, -0.2) is 28.4 Å². The molecule has 2 heterocycles. The summed E-state index contributed by atoms with van der Waals surface area (Å²) < 4.78 is 15.0. The Hall–Kier alpha value is -1.92. The first-order valence-electron chi connectivity index (χ1n) is 7.97. The van der Waals surface area contributed by atoms with Crippen LogP contribution in [0.1, 0.15) is 28.8 Å². The van der Waals surface area contributed by atoms with Crippen LogP contribution in [-0.2, 0) is 13.5 Å². The molecule has 5 nitrogen and oxygen atoms in total. The lowest BCUT2D eigenvalue weighted by Gasteiger charge is -2.30. The van der Waals surface area contributed by atoms with Gasteiger partial charge in [0.05, 0.1) is 17.9 Å². The van der Waals surface area contributed by atoms with Gasteiger partial charge >= 0.3 is 0 Å². The van der Waals surface area contributed by atoms with Crippen molar-refractivity contribution < 1.29 is 9.18 Å². The van der Waals surface area contributed by atoms with Crippen LogP contribution in [0.15, 0.2) is 30.6 Å². The van der Waals surface area contributed by atoms with Gasteiger partial charge in [0.2, 0.25) is 0 Å². The van der Waals surface area contributed by atoms with E-state index >= 15 is 0 Å². The van der Waals surface area contributed by atoms with Gasteiger partial charge in [-0.05, 0) is 48.9 Å². The molecule has 1 aliphatic heterocycles. The normalized spacial score (nSPS) is 20.8. The Morgan fingerprint density at radius 3 is 2.92 bits per heavy atom. The van der Waals surface area contributed by atoms with Crippen LogP contribution in [0.2, 0.25) is 5.02 Å². The average molecular weight is 351 g/mol. The summed E-state index contributed by atoms with van der Waals surface area (Å²) in [5.74, 6) is -0.0340. The van der Waals surface area contributed by atoms with Crippen LogP contribution in [0.5, 0.6) is 0 Å². The Balaban J connectivity index is 1.49. The van der Waals surface area contributed by atoms with Crippen LogP contribution in [0.3, 0.4) is 0 Å². The van der Waals surface area contributed by atoms with E-state index in [9.17, 15) is 9.18 Å². The second-order valence-corrected chi connectivity index (χ2v) is 6.70. The molecule has 128 valence electrons. The van der Waals surface area contributed by atoms with Gasteiger partial charge in [-0.2, -0.15) is 5.10 Å². The fourth-order valence-electron chi connectivity index (χ4n) is 3.06. The van der Waals surface area contributed by atoms with Crippen LogP contribution in [0, 0.1) is 11.7 Å². The molecule has 2 unspecified atom stereocenters. The third-order valence-electron chi connectivity index (χ3n) is 4.24. The number of nitrogens with one attached hydrogen (secondary N) is 2. The minimum Gasteiger partial charge on any atom is -0.337 e. The van der Waals surface area contributed by atoms with E-state index in [-0.39, 0.29) is 17.9 Å². The van der Waals surface area contributed by atoms with E-state index in [0.717, 1.165) is 31.4 Å². The number of carbonyl (C=O) groups excluding carboxylic acids is 1. The minimum absolute atomic E-state index is 0.0509. The van der Waals surface area contributed by atoms with Gasteiger partial charge in [0.1, 0.15) is 5.82 Å². The zero-order valence-electron chi connectivity index (χ0n) is 13.4. The van der Waals surface area contributed by atoms with Gasteiger partial charge in [-0.3, -0.25) is 14.8 Å². The Bertz CT molecular complexity index is 705. The SMILES string of the molecule is Cn1cc(C(=O)NC2CCC(Cc3cc(F)cc(Cl)c3)CN2)cn1. The maximum Gasteiger partial charge on any atom is 0.255 e. The van der Waals surface area contributed by atoms with Crippen LogP contribution in [0.4, 0.5) is 4.39 Å². The Labute approximate surface area is 145 Å². The monoisotopic (exact) mass is 350 g/mol. The van der Waals surface area contributed by atoms with E-state index in [2.05, 4.69) is 15.7 Å². The molecule has 0 bridgehead atoms. The number of halogens is 2. The number of hydrogen-bond acceptors (Lipinski definition) is 3. The highest BCUT2D eigenvalue weighted by Crippen LogP contribution is 2.21. The summed E-state index contributed by atoms with van der Waals surface area (Å²) >= 11 is 5.90. The Morgan fingerprint density at radius 2 is 2.29 bits per heavy atom. The predicted molar refractivity (Wildman–Crippen MR) is 90.3 cm³/mol. The highest BCUT2D eigenvalue weighted by atomic mass is 35.5. The number of benzene rings is 1. The van der Waals surface area contributed by atoms with Crippen molar-refractivity contribution in [3.8, 4) is 0 Å². The summed E-state index contributed by atoms with van der Waals surface area (Å²) in [6, 6.07) is 4.65. The molecule has 7 heteroatoms. The molecule has 1 fully saturated rings. The molecule has 2 atom stereocenters. The second-order valence-electron chi connectivity index (χ2n) is 6.26. The maximum absolute atomic E-state index is 13.4. The van der Waals surface area contributed by atoms with Crippen molar-refractivity contribution in [2.75, 3.05) is 6.54 Å². The summed E-state index contributed by atoms with van der Waals surface area (Å²) in [6.07, 6.45) is 5.75. The summed E-state index contributed by atoms with van der Waals surface area (Å²) in [7, 11) is 1.78. The first-order chi connectivity index (χ1) is 11.5. The van der Waals surface area contributed by atoms with Crippen molar-refractivity contribution in [1.29, 1.82) is 0 Å². The van der Waals surface area contributed by atoms with Gasteiger partial charge in [-0.1, -0.05) is 11.6 Å². The maximum atomic E-state index is 13.4. The number of carbonyl (C=O) groups is 1. The van der Waals surface area contributed by atoms with Gasteiger partial charge in [0.25, 0.3) is 5.91 Å². The van der Waals surface area contributed by atoms with Crippen LogP contribution >= 0.6 is 11.6 Å². The lowest BCUT2D eigenvalue weighted by Crippen LogP contribution is -2.50. The Morgan fingerprint density at radius 1 is 1.46 bits per heavy atom. The average Bonchev–Trinajstić information content (AvgIpc) is 2.95. The number of aromatic nitrogens is 2. The summed E-state index contributed by atoms with van der Waals surface area (Å²) in [5, 5.41) is 10.7. The number of hydrogen-bond donors (Lipinski definition) is 2. The first-order valence-corrected chi connectivity index (χ1v) is 8.35. The highest BCUT2D eigenvalue weighted by molar-refractivity contribution is 6.30. The van der Waals surface area contributed by atoms with E-state index in [1.54, 1.807) is 30.2 Å². The fourth-order valence-corrected chi connectivity index (χ4v) is 3.30. The molecule has 1 saturated heterocycles. The second kappa shape index (κ2) is 7.32. The van der Waals surface area contributed by atoms with Crippen molar-refractivity contribution in [1.82, 2.24) is 20.4 Å². The van der Waals surface area contributed by atoms with Gasteiger partial charge in [0.15, 0.2) is 0 Å². The lowest BCUT2D eigenvalue weighted by molar-refractivity contribution is 0.0914. The third-order valence-corrected chi connectivity index (χ3v) is 4.45.